The Balaban J connectivity index is 1.56. The summed E-state index contributed by atoms with van der Waals surface area (Å²) in [7, 11) is 1.61. The van der Waals surface area contributed by atoms with E-state index in [4.69, 9.17) is 4.74 Å². The molecule has 2 aliphatic heterocycles. The fraction of sp³-hybridized carbons (Fsp3) is 0.688. The molecule has 126 valence electrons. The Hall–Kier alpha value is -1.89. The van der Waals surface area contributed by atoms with E-state index in [-0.39, 0.29) is 11.9 Å². The quantitative estimate of drug-likeness (QED) is 0.811. The normalized spacial score (nSPS) is 20.6. The first-order valence-corrected chi connectivity index (χ1v) is 8.34. The molecule has 1 atom stereocenters. The van der Waals surface area contributed by atoms with Gasteiger partial charge in [0.2, 0.25) is 17.7 Å². The topological polar surface area (TPSA) is 61.8 Å². The van der Waals surface area contributed by atoms with E-state index in [1.165, 1.54) is 0 Å². The number of ether oxygens (including phenoxy) is 1. The van der Waals surface area contributed by atoms with Crippen molar-refractivity contribution >= 4 is 11.9 Å². The molecule has 2 fully saturated rings. The second-order valence-electron chi connectivity index (χ2n) is 6.13. The lowest BCUT2D eigenvalue weighted by Gasteiger charge is -2.38. The molecule has 0 radical (unpaired) electrons. The number of hydrogen-bond acceptors (Lipinski definition) is 6. The van der Waals surface area contributed by atoms with Gasteiger partial charge < -0.3 is 14.5 Å². The summed E-state index contributed by atoms with van der Waals surface area (Å²) in [6.07, 6.45) is 3.99. The molecular weight excluding hydrogens is 294 g/mol. The third-order valence-corrected chi connectivity index (χ3v) is 4.75. The maximum atomic E-state index is 12.5. The average molecular weight is 319 g/mol. The fourth-order valence-electron chi connectivity index (χ4n) is 3.27. The summed E-state index contributed by atoms with van der Waals surface area (Å²) in [6.45, 7) is 7.21. The molecule has 0 bridgehead atoms. The Labute approximate surface area is 137 Å². The van der Waals surface area contributed by atoms with Crippen molar-refractivity contribution in [2.75, 3.05) is 51.3 Å². The number of carbonyl (C=O) groups excluding carboxylic acids is 1. The predicted molar refractivity (Wildman–Crippen MR) is 87.6 cm³/mol. The van der Waals surface area contributed by atoms with E-state index < -0.39 is 0 Å². The van der Waals surface area contributed by atoms with Gasteiger partial charge in [-0.05, 0) is 19.8 Å². The standard InChI is InChI=1S/C16H25N5O2/c1-13(15(22)20-7-3-4-8-20)19-9-11-21(12-10-19)16-17-6-5-14(18-16)23-2/h5-6,13H,3-4,7-12H2,1-2H3/t13-/m1/s1. The molecule has 0 unspecified atom stereocenters. The largest absolute Gasteiger partial charge is 0.481 e. The van der Waals surface area contributed by atoms with E-state index in [1.807, 2.05) is 11.8 Å². The van der Waals surface area contributed by atoms with Crippen LogP contribution in [0.5, 0.6) is 5.88 Å². The van der Waals surface area contributed by atoms with Gasteiger partial charge in [0.05, 0.1) is 13.2 Å². The maximum Gasteiger partial charge on any atom is 0.239 e. The van der Waals surface area contributed by atoms with Crippen molar-refractivity contribution in [3.8, 4) is 5.88 Å². The Morgan fingerprint density at radius 2 is 1.87 bits per heavy atom. The number of aromatic nitrogens is 2. The van der Waals surface area contributed by atoms with Crippen LogP contribution in [0.4, 0.5) is 5.95 Å². The van der Waals surface area contributed by atoms with Gasteiger partial charge in [-0.3, -0.25) is 9.69 Å². The SMILES string of the molecule is COc1ccnc(N2CCN([C@H](C)C(=O)N3CCCC3)CC2)n1. The summed E-state index contributed by atoms with van der Waals surface area (Å²) in [4.78, 5) is 27.6. The molecule has 0 spiro atoms. The van der Waals surface area contributed by atoms with Crippen LogP contribution >= 0.6 is 0 Å². The molecule has 1 aromatic heterocycles. The van der Waals surface area contributed by atoms with Crippen molar-refractivity contribution < 1.29 is 9.53 Å². The number of methoxy groups -OCH3 is 1. The van der Waals surface area contributed by atoms with Crippen LogP contribution in [0.25, 0.3) is 0 Å². The van der Waals surface area contributed by atoms with Crippen LogP contribution in [0.3, 0.4) is 0 Å². The molecule has 3 heterocycles. The van der Waals surface area contributed by atoms with E-state index in [2.05, 4.69) is 19.8 Å². The number of amides is 1. The van der Waals surface area contributed by atoms with Gasteiger partial charge in [-0.15, -0.1) is 0 Å². The van der Waals surface area contributed by atoms with Crippen molar-refractivity contribution in [3.63, 3.8) is 0 Å². The minimum absolute atomic E-state index is 0.0403. The molecule has 0 saturated carbocycles. The first-order chi connectivity index (χ1) is 11.2. The van der Waals surface area contributed by atoms with Crippen molar-refractivity contribution in [2.24, 2.45) is 0 Å². The zero-order valence-electron chi connectivity index (χ0n) is 13.9. The van der Waals surface area contributed by atoms with Crippen LogP contribution < -0.4 is 9.64 Å². The Morgan fingerprint density at radius 1 is 1.17 bits per heavy atom. The van der Waals surface area contributed by atoms with Crippen LogP contribution in [0.1, 0.15) is 19.8 Å². The highest BCUT2D eigenvalue weighted by atomic mass is 16.5. The second-order valence-corrected chi connectivity index (χ2v) is 6.13. The lowest BCUT2D eigenvalue weighted by Crippen LogP contribution is -2.54. The smallest absolute Gasteiger partial charge is 0.239 e. The number of carbonyl (C=O) groups is 1. The zero-order valence-corrected chi connectivity index (χ0v) is 13.9. The highest BCUT2D eigenvalue weighted by Gasteiger charge is 2.30. The van der Waals surface area contributed by atoms with E-state index in [9.17, 15) is 4.79 Å². The first-order valence-electron chi connectivity index (χ1n) is 8.34. The number of nitrogens with zero attached hydrogens (tertiary/aromatic N) is 5. The van der Waals surface area contributed by atoms with Gasteiger partial charge in [-0.2, -0.15) is 4.98 Å². The summed E-state index contributed by atoms with van der Waals surface area (Å²) < 4.78 is 5.16. The first kappa shape index (κ1) is 16.0. The third kappa shape index (κ3) is 3.55. The molecule has 0 aliphatic carbocycles. The molecule has 1 amide bonds. The average Bonchev–Trinajstić information content (AvgIpc) is 3.15. The molecule has 7 nitrogen and oxygen atoms in total. The number of piperazine rings is 1. The summed E-state index contributed by atoms with van der Waals surface area (Å²) >= 11 is 0. The number of anilines is 1. The lowest BCUT2D eigenvalue weighted by molar-refractivity contribution is -0.135. The molecule has 0 aromatic carbocycles. The van der Waals surface area contributed by atoms with Gasteiger partial charge in [0.25, 0.3) is 0 Å². The highest BCUT2D eigenvalue weighted by Crippen LogP contribution is 2.17. The van der Waals surface area contributed by atoms with Crippen LogP contribution in [0.15, 0.2) is 12.3 Å². The zero-order chi connectivity index (χ0) is 16.2. The number of hydrogen-bond donors (Lipinski definition) is 0. The summed E-state index contributed by atoms with van der Waals surface area (Å²) in [5.74, 6) is 1.55. The van der Waals surface area contributed by atoms with Crippen LogP contribution in [-0.2, 0) is 4.79 Å². The van der Waals surface area contributed by atoms with Gasteiger partial charge in [0, 0.05) is 51.5 Å². The van der Waals surface area contributed by atoms with Gasteiger partial charge in [-0.1, -0.05) is 0 Å². The minimum atomic E-state index is -0.0403. The van der Waals surface area contributed by atoms with E-state index >= 15 is 0 Å². The van der Waals surface area contributed by atoms with Crippen LogP contribution in [0, 0.1) is 0 Å². The Morgan fingerprint density at radius 3 is 2.52 bits per heavy atom. The monoisotopic (exact) mass is 319 g/mol. The Bertz CT molecular complexity index is 539. The fourth-order valence-corrected chi connectivity index (χ4v) is 3.27. The molecule has 2 saturated heterocycles. The molecule has 7 heteroatoms. The molecular formula is C16H25N5O2. The van der Waals surface area contributed by atoms with E-state index in [0.717, 1.165) is 52.1 Å². The van der Waals surface area contributed by atoms with Crippen molar-refractivity contribution in [1.29, 1.82) is 0 Å². The molecule has 23 heavy (non-hydrogen) atoms. The minimum Gasteiger partial charge on any atom is -0.481 e. The van der Waals surface area contributed by atoms with Crippen molar-refractivity contribution in [1.82, 2.24) is 19.8 Å². The van der Waals surface area contributed by atoms with Gasteiger partial charge >= 0.3 is 0 Å². The highest BCUT2D eigenvalue weighted by molar-refractivity contribution is 5.81. The number of likely N-dealkylation sites (tertiary alicyclic amines) is 1. The summed E-state index contributed by atoms with van der Waals surface area (Å²) in [6, 6.07) is 1.71. The maximum absolute atomic E-state index is 12.5. The second kappa shape index (κ2) is 7.12. The van der Waals surface area contributed by atoms with Gasteiger partial charge in [0.1, 0.15) is 0 Å². The van der Waals surface area contributed by atoms with Crippen LogP contribution in [0.2, 0.25) is 0 Å². The molecule has 3 rings (SSSR count). The summed E-state index contributed by atoms with van der Waals surface area (Å²) in [5.41, 5.74) is 0. The molecule has 1 aromatic rings. The lowest BCUT2D eigenvalue weighted by atomic mass is 10.2. The third-order valence-electron chi connectivity index (χ3n) is 4.75. The van der Waals surface area contributed by atoms with Gasteiger partial charge in [0.15, 0.2) is 0 Å². The van der Waals surface area contributed by atoms with Crippen molar-refractivity contribution in [2.45, 2.75) is 25.8 Å². The van der Waals surface area contributed by atoms with Crippen LogP contribution in [-0.4, -0.2) is 78.1 Å². The van der Waals surface area contributed by atoms with Crippen molar-refractivity contribution in [3.05, 3.63) is 12.3 Å². The molecule has 0 N–H and O–H groups in total. The Kier molecular flexibility index (Phi) is 4.95. The number of rotatable bonds is 4. The van der Waals surface area contributed by atoms with Gasteiger partial charge in [-0.25, -0.2) is 4.98 Å². The summed E-state index contributed by atoms with van der Waals surface area (Å²) in [5, 5.41) is 0. The van der Waals surface area contributed by atoms with E-state index in [1.54, 1.807) is 19.4 Å². The van der Waals surface area contributed by atoms with E-state index in [0.29, 0.717) is 11.8 Å². The predicted octanol–water partition coefficient (Wildman–Crippen LogP) is 0.618. The molecule has 2 aliphatic rings.